The summed E-state index contributed by atoms with van der Waals surface area (Å²) < 4.78 is 5.04. The van der Waals surface area contributed by atoms with Crippen LogP contribution in [0.2, 0.25) is 0 Å². The number of anilines is 1. The van der Waals surface area contributed by atoms with Crippen molar-refractivity contribution in [2.45, 2.75) is 33.7 Å². The summed E-state index contributed by atoms with van der Waals surface area (Å²) >= 11 is 1.55. The van der Waals surface area contributed by atoms with E-state index in [9.17, 15) is 4.79 Å². The van der Waals surface area contributed by atoms with E-state index in [1.807, 2.05) is 19.1 Å². The van der Waals surface area contributed by atoms with E-state index >= 15 is 0 Å². The molecule has 2 rings (SSSR count). The number of nitriles is 1. The molecular formula is C19H23N3O2S. The lowest BCUT2D eigenvalue weighted by Gasteiger charge is -2.21. The number of aryl methyl sites for hydroxylation is 1. The molecule has 0 fully saturated rings. The first-order chi connectivity index (χ1) is 11.9. The maximum atomic E-state index is 12.6. The zero-order valence-corrected chi connectivity index (χ0v) is 15.9. The molecule has 1 heterocycles. The summed E-state index contributed by atoms with van der Waals surface area (Å²) in [7, 11) is 1.51. The van der Waals surface area contributed by atoms with Crippen molar-refractivity contribution in [3.8, 4) is 6.07 Å². The van der Waals surface area contributed by atoms with Crippen LogP contribution in [0.3, 0.4) is 0 Å². The maximum Gasteiger partial charge on any atom is 0.253 e. The Morgan fingerprint density at radius 1 is 1.44 bits per heavy atom. The van der Waals surface area contributed by atoms with Gasteiger partial charge in [0.05, 0.1) is 28.9 Å². The number of methoxy groups -OCH3 is 1. The number of nitrogens with zero attached hydrogens (tertiary/aromatic N) is 3. The summed E-state index contributed by atoms with van der Waals surface area (Å²) in [5.41, 5.74) is 2.33. The molecule has 6 heteroatoms. The average molecular weight is 357 g/mol. The Labute approximate surface area is 152 Å². The van der Waals surface area contributed by atoms with E-state index in [4.69, 9.17) is 10.00 Å². The highest BCUT2D eigenvalue weighted by molar-refractivity contribution is 7.16. The molecule has 1 amide bonds. The minimum absolute atomic E-state index is 0.00872. The Balaban J connectivity index is 2.34. The van der Waals surface area contributed by atoms with Crippen LogP contribution >= 0.6 is 11.3 Å². The largest absolute Gasteiger partial charge is 0.375 e. The minimum atomic E-state index is -0.118. The number of ether oxygens (including phenoxy) is 1. The molecule has 0 saturated heterocycles. The first kappa shape index (κ1) is 19.1. The third kappa shape index (κ3) is 5.12. The van der Waals surface area contributed by atoms with Gasteiger partial charge in [-0.05, 0) is 30.5 Å². The van der Waals surface area contributed by atoms with E-state index in [0.29, 0.717) is 18.0 Å². The number of rotatable bonds is 7. The molecule has 132 valence electrons. The molecule has 0 aliphatic carbocycles. The van der Waals surface area contributed by atoms with Gasteiger partial charge in [0.15, 0.2) is 0 Å². The highest BCUT2D eigenvalue weighted by Crippen LogP contribution is 2.31. The van der Waals surface area contributed by atoms with Crippen LogP contribution in [0.1, 0.15) is 35.7 Å². The van der Waals surface area contributed by atoms with E-state index in [1.54, 1.807) is 28.4 Å². The van der Waals surface area contributed by atoms with Crippen molar-refractivity contribution in [3.63, 3.8) is 0 Å². The van der Waals surface area contributed by atoms with Crippen LogP contribution in [0.15, 0.2) is 24.3 Å². The number of amides is 1. The lowest BCUT2D eigenvalue weighted by Crippen LogP contribution is -2.33. The molecule has 2 aromatic rings. The second kappa shape index (κ2) is 8.75. The van der Waals surface area contributed by atoms with Crippen LogP contribution in [-0.4, -0.2) is 24.6 Å². The Bertz CT molecular complexity index is 777. The van der Waals surface area contributed by atoms with Crippen molar-refractivity contribution in [2.75, 3.05) is 18.6 Å². The van der Waals surface area contributed by atoms with Gasteiger partial charge in [0, 0.05) is 13.5 Å². The molecule has 0 unspecified atom stereocenters. The number of carbonyl (C=O) groups is 1. The molecule has 0 radical (unpaired) electrons. The zero-order chi connectivity index (χ0) is 18.4. The molecule has 0 saturated carbocycles. The molecule has 1 aromatic carbocycles. The normalized spacial score (nSPS) is 10.7. The SMILES string of the molecule is COCC(=O)N(Cc1cccc(C#N)c1)c1sc(CC(C)C)nc1C. The van der Waals surface area contributed by atoms with Gasteiger partial charge < -0.3 is 4.74 Å². The van der Waals surface area contributed by atoms with Gasteiger partial charge in [-0.1, -0.05) is 26.0 Å². The van der Waals surface area contributed by atoms with Gasteiger partial charge in [-0.3, -0.25) is 9.69 Å². The predicted molar refractivity (Wildman–Crippen MR) is 99.6 cm³/mol. The quantitative estimate of drug-likeness (QED) is 0.758. The lowest BCUT2D eigenvalue weighted by molar-refractivity contribution is -0.122. The second-order valence-corrected chi connectivity index (χ2v) is 7.38. The van der Waals surface area contributed by atoms with Crippen molar-refractivity contribution < 1.29 is 9.53 Å². The van der Waals surface area contributed by atoms with Gasteiger partial charge in [-0.25, -0.2) is 4.98 Å². The van der Waals surface area contributed by atoms with Crippen LogP contribution in [-0.2, 0) is 22.5 Å². The summed E-state index contributed by atoms with van der Waals surface area (Å²) in [5, 5.41) is 11.0. The highest BCUT2D eigenvalue weighted by Gasteiger charge is 2.22. The zero-order valence-electron chi connectivity index (χ0n) is 15.1. The number of hydrogen-bond donors (Lipinski definition) is 0. The number of benzene rings is 1. The van der Waals surface area contributed by atoms with Gasteiger partial charge in [0.1, 0.15) is 11.6 Å². The molecule has 5 nitrogen and oxygen atoms in total. The summed E-state index contributed by atoms with van der Waals surface area (Å²) in [6, 6.07) is 9.44. The van der Waals surface area contributed by atoms with E-state index in [2.05, 4.69) is 24.9 Å². The molecule has 0 bridgehead atoms. The molecule has 0 spiro atoms. The first-order valence-electron chi connectivity index (χ1n) is 8.19. The van der Waals surface area contributed by atoms with Gasteiger partial charge in [-0.15, -0.1) is 11.3 Å². The van der Waals surface area contributed by atoms with Crippen LogP contribution in [0.25, 0.3) is 0 Å². The Kier molecular flexibility index (Phi) is 6.68. The Morgan fingerprint density at radius 2 is 2.20 bits per heavy atom. The minimum Gasteiger partial charge on any atom is -0.375 e. The number of aromatic nitrogens is 1. The summed E-state index contributed by atoms with van der Waals surface area (Å²) in [6.45, 7) is 6.63. The maximum absolute atomic E-state index is 12.6. The molecule has 0 N–H and O–H groups in total. The van der Waals surface area contributed by atoms with Crippen molar-refractivity contribution in [1.82, 2.24) is 4.98 Å². The molecule has 25 heavy (non-hydrogen) atoms. The van der Waals surface area contributed by atoms with Gasteiger partial charge in [-0.2, -0.15) is 5.26 Å². The third-order valence-corrected chi connectivity index (χ3v) is 4.81. The van der Waals surface area contributed by atoms with E-state index in [1.165, 1.54) is 7.11 Å². The summed E-state index contributed by atoms with van der Waals surface area (Å²) in [6.07, 6.45) is 0.891. The monoisotopic (exact) mass is 357 g/mol. The smallest absolute Gasteiger partial charge is 0.253 e. The van der Waals surface area contributed by atoms with E-state index < -0.39 is 0 Å². The van der Waals surface area contributed by atoms with Crippen molar-refractivity contribution in [1.29, 1.82) is 5.26 Å². The number of carbonyl (C=O) groups excluding carboxylic acids is 1. The fourth-order valence-electron chi connectivity index (χ4n) is 2.53. The van der Waals surface area contributed by atoms with Crippen molar-refractivity contribution in [3.05, 3.63) is 46.1 Å². The number of thiazole rings is 1. The second-order valence-electron chi connectivity index (χ2n) is 6.32. The van der Waals surface area contributed by atoms with Gasteiger partial charge >= 0.3 is 0 Å². The van der Waals surface area contributed by atoms with Crippen LogP contribution in [0.5, 0.6) is 0 Å². The molecule has 0 aliphatic heterocycles. The van der Waals surface area contributed by atoms with Crippen molar-refractivity contribution in [2.24, 2.45) is 5.92 Å². The highest BCUT2D eigenvalue weighted by atomic mass is 32.1. The van der Waals surface area contributed by atoms with E-state index in [-0.39, 0.29) is 12.5 Å². The average Bonchev–Trinajstić information content (AvgIpc) is 2.92. The fraction of sp³-hybridized carbons (Fsp3) is 0.421. The lowest BCUT2D eigenvalue weighted by atomic mass is 10.1. The van der Waals surface area contributed by atoms with E-state index in [0.717, 1.165) is 27.7 Å². The van der Waals surface area contributed by atoms with Gasteiger partial charge in [0.25, 0.3) is 5.91 Å². The first-order valence-corrected chi connectivity index (χ1v) is 9.01. The Morgan fingerprint density at radius 3 is 2.84 bits per heavy atom. The standard InChI is InChI=1S/C19H23N3O2S/c1-13(2)8-17-21-14(3)19(25-17)22(18(23)12-24-4)11-16-7-5-6-15(9-16)10-20/h5-7,9,13H,8,11-12H2,1-4H3. The molecular weight excluding hydrogens is 334 g/mol. The third-order valence-electron chi connectivity index (χ3n) is 3.61. The number of hydrogen-bond acceptors (Lipinski definition) is 5. The van der Waals surface area contributed by atoms with Crippen LogP contribution in [0.4, 0.5) is 5.00 Å². The molecule has 1 aromatic heterocycles. The van der Waals surface area contributed by atoms with Crippen LogP contribution < -0.4 is 4.90 Å². The van der Waals surface area contributed by atoms with Crippen LogP contribution in [0, 0.1) is 24.2 Å². The topological polar surface area (TPSA) is 66.2 Å². The fourth-order valence-corrected chi connectivity index (χ4v) is 3.82. The molecule has 0 atom stereocenters. The predicted octanol–water partition coefficient (Wildman–Crippen LogP) is 3.70. The summed E-state index contributed by atoms with van der Waals surface area (Å²) in [5.74, 6) is 0.390. The Hall–Kier alpha value is -2.23. The van der Waals surface area contributed by atoms with Gasteiger partial charge in [0.2, 0.25) is 0 Å². The van der Waals surface area contributed by atoms with Crippen molar-refractivity contribution >= 4 is 22.2 Å². The summed E-state index contributed by atoms with van der Waals surface area (Å²) in [4.78, 5) is 18.9. The molecule has 0 aliphatic rings.